The van der Waals surface area contributed by atoms with Gasteiger partial charge in [-0.3, -0.25) is 14.4 Å². The van der Waals surface area contributed by atoms with E-state index in [1.165, 1.54) is 4.90 Å². The second-order valence-electron chi connectivity index (χ2n) is 5.46. The van der Waals surface area contributed by atoms with Crippen LogP contribution in [-0.2, 0) is 14.4 Å². The first-order valence-corrected chi connectivity index (χ1v) is 6.58. The van der Waals surface area contributed by atoms with Gasteiger partial charge in [0.25, 0.3) is 0 Å². The highest BCUT2D eigenvalue weighted by atomic mass is 16.4. The molecule has 2 N–H and O–H groups in total. The molecule has 0 heterocycles. The Balaban J connectivity index is 2.45. The number of carbonyl (C=O) groups excluding carboxylic acids is 2. The lowest BCUT2D eigenvalue weighted by Gasteiger charge is -2.21. The molecule has 0 aromatic heterocycles. The summed E-state index contributed by atoms with van der Waals surface area (Å²) in [4.78, 5) is 35.9. The van der Waals surface area contributed by atoms with Crippen LogP contribution in [0, 0.1) is 11.8 Å². The van der Waals surface area contributed by atoms with Crippen molar-refractivity contribution in [2.24, 2.45) is 11.8 Å². The van der Waals surface area contributed by atoms with Gasteiger partial charge >= 0.3 is 5.97 Å². The van der Waals surface area contributed by atoms with Crippen LogP contribution in [0.4, 0.5) is 0 Å². The Morgan fingerprint density at radius 2 is 1.84 bits per heavy atom. The van der Waals surface area contributed by atoms with E-state index in [-0.39, 0.29) is 30.3 Å². The van der Waals surface area contributed by atoms with E-state index in [1.807, 2.05) is 13.8 Å². The molecule has 0 aliphatic heterocycles. The van der Waals surface area contributed by atoms with E-state index >= 15 is 0 Å². The minimum atomic E-state index is -0.837. The van der Waals surface area contributed by atoms with Crippen LogP contribution in [-0.4, -0.2) is 47.4 Å². The maximum absolute atomic E-state index is 12.1. The van der Waals surface area contributed by atoms with Crippen molar-refractivity contribution in [3.63, 3.8) is 0 Å². The topological polar surface area (TPSA) is 86.7 Å². The Bertz CT molecular complexity index is 368. The van der Waals surface area contributed by atoms with E-state index in [0.717, 1.165) is 0 Å². The van der Waals surface area contributed by atoms with Gasteiger partial charge in [-0.05, 0) is 33.1 Å². The highest BCUT2D eigenvalue weighted by Gasteiger charge is 2.35. The summed E-state index contributed by atoms with van der Waals surface area (Å²) in [6.07, 6.45) is 1.51. The summed E-state index contributed by atoms with van der Waals surface area (Å²) in [6.45, 7) is 3.73. The highest BCUT2D eigenvalue weighted by Crippen LogP contribution is 2.32. The third kappa shape index (κ3) is 4.54. The maximum atomic E-state index is 12.1. The van der Waals surface area contributed by atoms with E-state index in [0.29, 0.717) is 19.3 Å². The average Bonchev–Trinajstić information content (AvgIpc) is 2.75. The Morgan fingerprint density at radius 1 is 1.26 bits per heavy atom. The fourth-order valence-corrected chi connectivity index (χ4v) is 2.40. The van der Waals surface area contributed by atoms with E-state index < -0.39 is 11.9 Å². The third-order valence-corrected chi connectivity index (χ3v) is 3.34. The van der Waals surface area contributed by atoms with Gasteiger partial charge in [0.15, 0.2) is 0 Å². The first kappa shape index (κ1) is 15.5. The number of hydrogen-bond donors (Lipinski definition) is 2. The fraction of sp³-hybridized carbons (Fsp3) is 0.769. The van der Waals surface area contributed by atoms with Crippen LogP contribution >= 0.6 is 0 Å². The first-order chi connectivity index (χ1) is 8.81. The zero-order chi connectivity index (χ0) is 14.6. The molecule has 1 saturated carbocycles. The fourth-order valence-electron chi connectivity index (χ4n) is 2.40. The number of nitrogens with one attached hydrogen (secondary N) is 1. The minimum Gasteiger partial charge on any atom is -0.481 e. The van der Waals surface area contributed by atoms with Crippen molar-refractivity contribution in [1.82, 2.24) is 10.2 Å². The van der Waals surface area contributed by atoms with E-state index in [2.05, 4.69) is 5.32 Å². The molecule has 6 heteroatoms. The highest BCUT2D eigenvalue weighted by molar-refractivity contribution is 5.86. The van der Waals surface area contributed by atoms with Gasteiger partial charge in [0, 0.05) is 19.0 Å². The lowest BCUT2D eigenvalue weighted by Crippen LogP contribution is -2.42. The zero-order valence-corrected chi connectivity index (χ0v) is 11.7. The van der Waals surface area contributed by atoms with Crippen molar-refractivity contribution < 1.29 is 19.5 Å². The van der Waals surface area contributed by atoms with Crippen LogP contribution in [0.15, 0.2) is 0 Å². The number of likely N-dealkylation sites (N-methyl/N-ethyl adjacent to an activating group) is 1. The largest absolute Gasteiger partial charge is 0.481 e. The molecule has 1 fully saturated rings. The second kappa shape index (κ2) is 6.54. The molecule has 108 valence electrons. The van der Waals surface area contributed by atoms with E-state index in [1.54, 1.807) is 7.05 Å². The monoisotopic (exact) mass is 270 g/mol. The summed E-state index contributed by atoms with van der Waals surface area (Å²) in [5.41, 5.74) is 0. The number of carboxylic acids is 1. The van der Waals surface area contributed by atoms with Crippen LogP contribution in [0.2, 0.25) is 0 Å². The van der Waals surface area contributed by atoms with Gasteiger partial charge < -0.3 is 15.3 Å². The zero-order valence-electron chi connectivity index (χ0n) is 11.7. The number of hydrogen-bond acceptors (Lipinski definition) is 3. The molecule has 0 aromatic carbocycles. The Hall–Kier alpha value is -1.59. The van der Waals surface area contributed by atoms with Crippen molar-refractivity contribution in [2.75, 3.05) is 13.6 Å². The Labute approximate surface area is 113 Å². The summed E-state index contributed by atoms with van der Waals surface area (Å²) in [5.74, 6) is -1.86. The number of carboxylic acid groups (broad SMARTS) is 1. The molecule has 1 rings (SSSR count). The molecular formula is C13H22N2O4. The summed E-state index contributed by atoms with van der Waals surface area (Å²) < 4.78 is 0. The summed E-state index contributed by atoms with van der Waals surface area (Å²) >= 11 is 0. The SMILES string of the molecule is CC(C)NC(=O)CN(C)C(=O)[C@@H]1CC[C@H](C(=O)O)C1. The van der Waals surface area contributed by atoms with E-state index in [4.69, 9.17) is 5.11 Å². The second-order valence-corrected chi connectivity index (χ2v) is 5.46. The van der Waals surface area contributed by atoms with Crippen LogP contribution < -0.4 is 5.32 Å². The molecule has 6 nitrogen and oxygen atoms in total. The lowest BCUT2D eigenvalue weighted by atomic mass is 10.0. The van der Waals surface area contributed by atoms with Crippen LogP contribution in [0.25, 0.3) is 0 Å². The first-order valence-electron chi connectivity index (χ1n) is 6.58. The quantitative estimate of drug-likeness (QED) is 0.760. The van der Waals surface area contributed by atoms with Gasteiger partial charge in [-0.15, -0.1) is 0 Å². The van der Waals surface area contributed by atoms with Crippen molar-refractivity contribution in [3.05, 3.63) is 0 Å². The Kier molecular flexibility index (Phi) is 5.32. The smallest absolute Gasteiger partial charge is 0.306 e. The molecule has 2 amide bonds. The molecule has 0 bridgehead atoms. The molecule has 1 aliphatic rings. The standard InChI is InChI=1S/C13H22N2O4/c1-8(2)14-11(16)7-15(3)12(17)9-4-5-10(6-9)13(18)19/h8-10H,4-7H2,1-3H3,(H,14,16)(H,18,19)/t9-,10+/m1/s1. The van der Waals surface area contributed by atoms with Crippen molar-refractivity contribution in [2.45, 2.75) is 39.2 Å². The van der Waals surface area contributed by atoms with Crippen LogP contribution in [0.1, 0.15) is 33.1 Å². The molecule has 0 saturated heterocycles. The number of carbonyl (C=O) groups is 3. The maximum Gasteiger partial charge on any atom is 0.306 e. The van der Waals surface area contributed by atoms with Gasteiger partial charge in [0.2, 0.25) is 11.8 Å². The summed E-state index contributed by atoms with van der Waals surface area (Å²) in [7, 11) is 1.58. The van der Waals surface area contributed by atoms with Gasteiger partial charge in [-0.1, -0.05) is 0 Å². The molecule has 1 aliphatic carbocycles. The van der Waals surface area contributed by atoms with Gasteiger partial charge in [-0.25, -0.2) is 0 Å². The molecule has 0 aromatic rings. The number of rotatable bonds is 5. The lowest BCUT2D eigenvalue weighted by molar-refractivity contribution is -0.142. The average molecular weight is 270 g/mol. The molecule has 0 spiro atoms. The van der Waals surface area contributed by atoms with Gasteiger partial charge in [-0.2, -0.15) is 0 Å². The third-order valence-electron chi connectivity index (χ3n) is 3.34. The van der Waals surface area contributed by atoms with Crippen LogP contribution in [0.3, 0.4) is 0 Å². The van der Waals surface area contributed by atoms with Crippen molar-refractivity contribution in [1.29, 1.82) is 0 Å². The molecule has 0 radical (unpaired) electrons. The van der Waals surface area contributed by atoms with Crippen molar-refractivity contribution in [3.8, 4) is 0 Å². The van der Waals surface area contributed by atoms with Gasteiger partial charge in [0.05, 0.1) is 12.5 Å². The molecular weight excluding hydrogens is 248 g/mol. The predicted octanol–water partition coefficient (Wildman–Crippen LogP) is 0.470. The number of amides is 2. The van der Waals surface area contributed by atoms with Gasteiger partial charge in [0.1, 0.15) is 0 Å². The number of nitrogens with zero attached hydrogens (tertiary/aromatic N) is 1. The van der Waals surface area contributed by atoms with E-state index in [9.17, 15) is 14.4 Å². The molecule has 2 atom stereocenters. The Morgan fingerprint density at radius 3 is 2.32 bits per heavy atom. The summed E-state index contributed by atoms with van der Waals surface area (Å²) in [6, 6.07) is 0.0406. The van der Waals surface area contributed by atoms with Crippen molar-refractivity contribution >= 4 is 17.8 Å². The minimum absolute atomic E-state index is 0.0191. The van der Waals surface area contributed by atoms with Crippen LogP contribution in [0.5, 0.6) is 0 Å². The predicted molar refractivity (Wildman–Crippen MR) is 69.4 cm³/mol. The molecule has 19 heavy (non-hydrogen) atoms. The summed E-state index contributed by atoms with van der Waals surface area (Å²) in [5, 5.41) is 11.6. The molecule has 0 unspecified atom stereocenters. The normalized spacial score (nSPS) is 22.3. The number of aliphatic carboxylic acids is 1.